The van der Waals surface area contributed by atoms with Gasteiger partial charge in [0.05, 0.1) is 22.0 Å². The topological polar surface area (TPSA) is 386 Å². The number of imidazole rings is 1. The lowest BCUT2D eigenvalue weighted by Crippen LogP contribution is -2.80. The minimum absolute atomic E-state index is 0.0402. The molecule has 2 fully saturated rings. The number of aliphatic hydroxyl groups is 5. The van der Waals surface area contributed by atoms with E-state index in [1.165, 1.54) is 15.8 Å². The molecule has 3 amide bonds. The van der Waals surface area contributed by atoms with Crippen LogP contribution >= 0.6 is 16.3 Å². The zero-order valence-electron chi connectivity index (χ0n) is 35.1. The summed E-state index contributed by atoms with van der Waals surface area (Å²) in [7, 11) is -10.5. The van der Waals surface area contributed by atoms with Crippen LogP contribution < -0.4 is 26.6 Å². The number of nitrogens with zero attached hydrogens (tertiary/aromatic N) is 5. The highest BCUT2D eigenvalue weighted by Crippen LogP contribution is 2.70. The number of amides is 3. The molecule has 0 radical (unpaired) electrons. The predicted octanol–water partition coefficient (Wildman–Crippen LogP) is -0.458. The number of β-amino-alcohol motifs (C(OH)–C–C–N with tert-alkyl or cyclic N) is 1. The second-order valence-electron chi connectivity index (χ2n) is 16.0. The molecule has 4 aromatic rings. The molecule has 15 N–H and O–H groups in total. The van der Waals surface area contributed by atoms with E-state index in [2.05, 4.69) is 35.2 Å². The van der Waals surface area contributed by atoms with Gasteiger partial charge in [0, 0.05) is 18.2 Å². The number of nitrogens with two attached hydrogens (primary N) is 1. The van der Waals surface area contributed by atoms with Crippen LogP contribution in [-0.2, 0) is 22.9 Å². The summed E-state index contributed by atoms with van der Waals surface area (Å²) in [6, 6.07) is 11.6. The van der Waals surface area contributed by atoms with Gasteiger partial charge in [-0.3, -0.25) is 14.7 Å². The van der Waals surface area contributed by atoms with Gasteiger partial charge < -0.3 is 56.9 Å². The van der Waals surface area contributed by atoms with Crippen LogP contribution in [0.15, 0.2) is 55.1 Å². The second-order valence-corrected chi connectivity index (χ2v) is 19.1. The molecule has 2 aromatic carbocycles. The Labute approximate surface area is 371 Å². The number of hydrogen-bond acceptors (Lipinski definition) is 22. The van der Waals surface area contributed by atoms with E-state index >= 15 is 0 Å². The van der Waals surface area contributed by atoms with E-state index in [1.54, 1.807) is 42.5 Å². The first kappa shape index (κ1) is 48.3. The molecule has 0 bridgehead atoms. The Morgan fingerprint density at radius 3 is 2.38 bits per heavy atom. The molecule has 2 saturated heterocycles. The Morgan fingerprint density at radius 1 is 0.985 bits per heavy atom. The lowest BCUT2D eigenvalue weighted by atomic mass is 9.70. The number of urea groups is 1. The lowest BCUT2D eigenvalue weighted by Gasteiger charge is -2.56. The summed E-state index contributed by atoms with van der Waals surface area (Å²) >= 11 is 0. The summed E-state index contributed by atoms with van der Waals surface area (Å²) in [5.41, 5.74) is 7.88. The molecule has 10 atom stereocenters. The number of aliphatic hydroxyl groups excluding tert-OH is 5. The SMILES string of the molecule is CCC(=N)C[C@@H](c1ccccc1)[C@]12Nc3cc(C)c(C)cc3N(C[C@H](O)[C@H](O)[C@H](O)CO[P+](O)(O)O[P+](O)(O)OC[C@H]3O[C@@H](n4cnc5c(N)ncnc54)[C@H](O)[C@@H]3O)[C@@H]1NC(=O)NC2=O. The van der Waals surface area contributed by atoms with E-state index in [0.29, 0.717) is 29.1 Å². The number of fused-ring (bicyclic) bond motifs is 3. The number of aromatic nitrogens is 4. The van der Waals surface area contributed by atoms with Crippen molar-refractivity contribution in [3.8, 4) is 0 Å². The van der Waals surface area contributed by atoms with Gasteiger partial charge in [-0.25, -0.2) is 19.7 Å². The standard InChI is InChI=1S/C38H50N10O15P2/c1-4-21(39)12-22(20-8-6-5-7-9-20)38-35(44-37(55)45-36(38)54)47(24-11-19(3)18(2)10-23(24)46-38)13-25(49)29(51)26(50)14-60-64(56,57)63-65(58,59)61-15-27-30(52)31(53)34(62-27)48-17-43-28-32(40)41-16-42-33(28)48/h5-11,16-17,22,25-27,29-31,34-35,39,46,49-53,56-59H,4,12-15H2,1-3H3,(H2-2,40,41,42,44,45,54,55)/p+2/t22-,25-,26+,27+,29-,30+,31+,34+,35-,38-/m0/s1. The van der Waals surface area contributed by atoms with Crippen LogP contribution in [-0.4, -0.2) is 150 Å². The van der Waals surface area contributed by atoms with Gasteiger partial charge >= 0.3 is 22.4 Å². The Kier molecular flexibility index (Phi) is 14.0. The summed E-state index contributed by atoms with van der Waals surface area (Å²) in [6.07, 6.45) is -10.6. The number of rotatable bonds is 18. The van der Waals surface area contributed by atoms with E-state index in [9.17, 15) is 54.7 Å². The van der Waals surface area contributed by atoms with Gasteiger partial charge in [-0.15, -0.1) is 9.05 Å². The molecular weight excluding hydrogens is 898 g/mol. The summed E-state index contributed by atoms with van der Waals surface area (Å²) < 4.78 is 21.3. The van der Waals surface area contributed by atoms with Crippen molar-refractivity contribution in [1.29, 1.82) is 5.41 Å². The van der Waals surface area contributed by atoms with E-state index in [0.717, 1.165) is 17.5 Å². The third-order valence-corrected chi connectivity index (χ3v) is 14.4. The zero-order chi connectivity index (χ0) is 47.2. The second kappa shape index (κ2) is 18.9. The Bertz CT molecular complexity index is 2400. The molecule has 25 nitrogen and oxygen atoms in total. The van der Waals surface area contributed by atoms with Crippen molar-refractivity contribution < 1.29 is 72.8 Å². The molecule has 7 rings (SSSR count). The van der Waals surface area contributed by atoms with Crippen LogP contribution in [0.1, 0.15) is 48.6 Å². The number of benzene rings is 2. The molecule has 0 unspecified atom stereocenters. The molecule has 27 heteroatoms. The number of carbonyl (C=O) groups is 2. The molecule has 352 valence electrons. The summed E-state index contributed by atoms with van der Waals surface area (Å²) in [5, 5.41) is 72.3. The molecule has 3 aliphatic rings. The van der Waals surface area contributed by atoms with E-state index in [-0.39, 0.29) is 23.4 Å². The van der Waals surface area contributed by atoms with Gasteiger partial charge in [0.2, 0.25) is 0 Å². The number of anilines is 3. The summed E-state index contributed by atoms with van der Waals surface area (Å²) in [5.74, 6) is -1.46. The first-order chi connectivity index (χ1) is 30.7. The van der Waals surface area contributed by atoms with Crippen LogP contribution in [0.3, 0.4) is 0 Å². The van der Waals surface area contributed by atoms with E-state index in [4.69, 9.17) is 24.9 Å². The molecule has 2 aromatic heterocycles. The molecular formula is C38H52N10O15P2+2. The van der Waals surface area contributed by atoms with Gasteiger partial charge in [0.1, 0.15) is 67.8 Å². The largest absolute Gasteiger partial charge is 0.620 e. The maximum Gasteiger partial charge on any atom is 0.620 e. The van der Waals surface area contributed by atoms with Crippen molar-refractivity contribution in [2.75, 3.05) is 35.7 Å². The number of nitrogens with one attached hydrogen (secondary N) is 4. The monoisotopic (exact) mass is 950 g/mol. The lowest BCUT2D eigenvalue weighted by molar-refractivity contribution is -0.127. The number of hydrogen-bond donors (Lipinski definition) is 14. The maximum atomic E-state index is 14.4. The zero-order valence-corrected chi connectivity index (χ0v) is 36.9. The van der Waals surface area contributed by atoms with Crippen molar-refractivity contribution in [3.05, 3.63) is 71.8 Å². The highest BCUT2D eigenvalue weighted by Gasteiger charge is 2.63. The van der Waals surface area contributed by atoms with Gasteiger partial charge in [0.15, 0.2) is 23.2 Å². The van der Waals surface area contributed by atoms with Crippen molar-refractivity contribution in [2.24, 2.45) is 0 Å². The van der Waals surface area contributed by atoms with Gasteiger partial charge in [-0.05, 0) is 55.5 Å². The fourth-order valence-corrected chi connectivity index (χ4v) is 10.3. The normalized spacial score (nSPS) is 25.2. The Morgan fingerprint density at radius 2 is 1.68 bits per heavy atom. The first-order valence-corrected chi connectivity index (χ1v) is 23.3. The molecule has 0 saturated carbocycles. The van der Waals surface area contributed by atoms with Crippen LogP contribution in [0, 0.1) is 19.3 Å². The van der Waals surface area contributed by atoms with Crippen LogP contribution in [0.25, 0.3) is 11.2 Å². The number of imide groups is 1. The number of carbonyl (C=O) groups excluding carboxylic acids is 2. The third kappa shape index (κ3) is 9.77. The Balaban J connectivity index is 1.03. The summed E-state index contributed by atoms with van der Waals surface area (Å²) in [6.45, 7) is 2.90. The quantitative estimate of drug-likeness (QED) is 0.0443. The molecule has 0 aliphatic carbocycles. The molecule has 5 heterocycles. The van der Waals surface area contributed by atoms with Crippen molar-refractivity contribution in [2.45, 2.75) is 94.1 Å². The Hall–Kier alpha value is -4.66. The van der Waals surface area contributed by atoms with Crippen molar-refractivity contribution >= 4 is 62.3 Å². The van der Waals surface area contributed by atoms with Crippen LogP contribution in [0.5, 0.6) is 0 Å². The van der Waals surface area contributed by atoms with E-state index in [1.807, 2.05) is 20.8 Å². The minimum Gasteiger partial charge on any atom is -0.388 e. The number of nitrogen functional groups attached to an aromatic ring is 1. The maximum absolute atomic E-state index is 14.4. The van der Waals surface area contributed by atoms with Crippen LogP contribution in [0.2, 0.25) is 0 Å². The molecule has 65 heavy (non-hydrogen) atoms. The minimum atomic E-state index is -5.29. The van der Waals surface area contributed by atoms with Crippen molar-refractivity contribution in [3.63, 3.8) is 0 Å². The fourth-order valence-electron chi connectivity index (χ4n) is 8.16. The highest BCUT2D eigenvalue weighted by molar-refractivity contribution is 7.68. The van der Waals surface area contributed by atoms with Crippen molar-refractivity contribution in [1.82, 2.24) is 30.2 Å². The number of aryl methyl sites for hydroxylation is 2. The summed E-state index contributed by atoms with van der Waals surface area (Å²) in [4.78, 5) is 82.8. The molecule has 3 aliphatic heterocycles. The fraction of sp³-hybridized carbons (Fsp3) is 0.474. The van der Waals surface area contributed by atoms with E-state index < -0.39 is 109 Å². The molecule has 0 spiro atoms. The van der Waals surface area contributed by atoms with Crippen LogP contribution in [0.4, 0.5) is 22.0 Å². The van der Waals surface area contributed by atoms with Gasteiger partial charge in [-0.1, -0.05) is 37.3 Å². The van der Waals surface area contributed by atoms with Gasteiger partial charge in [0.25, 0.3) is 5.91 Å². The predicted molar refractivity (Wildman–Crippen MR) is 231 cm³/mol. The first-order valence-electron chi connectivity index (χ1n) is 20.2. The van der Waals surface area contributed by atoms with Gasteiger partial charge in [-0.2, -0.15) is 19.6 Å². The highest BCUT2D eigenvalue weighted by atomic mass is 31.3. The average molecular weight is 951 g/mol. The average Bonchev–Trinajstić information content (AvgIpc) is 3.81. The number of ether oxygens (including phenoxy) is 1. The smallest absolute Gasteiger partial charge is 0.388 e. The third-order valence-electron chi connectivity index (χ3n) is 11.7.